The Hall–Kier alpha value is -3.48. The molecule has 0 fully saturated rings. The average molecular weight is 352 g/mol. The highest BCUT2D eigenvalue weighted by Gasteiger charge is 2.04. The number of azo groups is 1. The Balaban J connectivity index is 1.76. The van der Waals surface area contributed by atoms with Crippen LogP contribution in [0.5, 0.6) is 0 Å². The highest BCUT2D eigenvalue weighted by atomic mass is 16.5. The second-order valence-electron chi connectivity index (χ2n) is 5.38. The summed E-state index contributed by atoms with van der Waals surface area (Å²) in [6.07, 6.45) is 0. The third-order valence-electron chi connectivity index (χ3n) is 3.13. The average Bonchev–Trinajstić information content (AvgIpc) is 2.65. The summed E-state index contributed by atoms with van der Waals surface area (Å²) in [7, 11) is 0. The molecule has 0 saturated carbocycles. The molecule has 0 radical (unpaired) electrons. The standard InChI is InChI=1S/C19H20N4O3/c1-14(2)18(24)26-13-12-20-19(25)21-15-8-10-17(11-9-15)23-22-16-6-4-3-5-7-16/h3-11H,1,12-13H2,2H3,(H2,20,21,25). The van der Waals surface area contributed by atoms with E-state index in [1.54, 1.807) is 31.2 Å². The zero-order chi connectivity index (χ0) is 18.8. The van der Waals surface area contributed by atoms with Crippen molar-refractivity contribution in [1.82, 2.24) is 5.32 Å². The Labute approximate surface area is 151 Å². The lowest BCUT2D eigenvalue weighted by Gasteiger charge is -2.08. The van der Waals surface area contributed by atoms with Crippen LogP contribution in [0.1, 0.15) is 6.92 Å². The topological polar surface area (TPSA) is 92.1 Å². The van der Waals surface area contributed by atoms with Crippen molar-refractivity contribution in [3.05, 3.63) is 66.7 Å². The highest BCUT2D eigenvalue weighted by molar-refractivity contribution is 5.89. The van der Waals surface area contributed by atoms with E-state index in [1.807, 2.05) is 30.3 Å². The second kappa shape index (κ2) is 9.73. The molecule has 0 aliphatic heterocycles. The smallest absolute Gasteiger partial charge is 0.333 e. The molecule has 0 spiro atoms. The number of nitrogens with zero attached hydrogens (tertiary/aromatic N) is 2. The number of amides is 2. The number of benzene rings is 2. The van der Waals surface area contributed by atoms with E-state index in [1.165, 1.54) is 0 Å². The molecule has 0 aromatic heterocycles. The first-order valence-corrected chi connectivity index (χ1v) is 7.99. The van der Waals surface area contributed by atoms with E-state index >= 15 is 0 Å². The summed E-state index contributed by atoms with van der Waals surface area (Å²) in [5, 5.41) is 13.5. The summed E-state index contributed by atoms with van der Waals surface area (Å²) in [5.41, 5.74) is 2.37. The fraction of sp³-hybridized carbons (Fsp3) is 0.158. The monoisotopic (exact) mass is 352 g/mol. The minimum absolute atomic E-state index is 0.0813. The van der Waals surface area contributed by atoms with Gasteiger partial charge < -0.3 is 15.4 Å². The van der Waals surface area contributed by atoms with Crippen molar-refractivity contribution in [2.75, 3.05) is 18.5 Å². The summed E-state index contributed by atoms with van der Waals surface area (Å²) in [6, 6.07) is 16.0. The molecule has 0 bridgehead atoms. The van der Waals surface area contributed by atoms with Crippen molar-refractivity contribution in [3.63, 3.8) is 0 Å². The van der Waals surface area contributed by atoms with Crippen molar-refractivity contribution in [2.24, 2.45) is 10.2 Å². The molecule has 2 aromatic carbocycles. The van der Waals surface area contributed by atoms with Crippen LogP contribution in [0.3, 0.4) is 0 Å². The Bertz CT molecular complexity index is 786. The number of urea groups is 1. The van der Waals surface area contributed by atoms with E-state index in [0.717, 1.165) is 5.69 Å². The van der Waals surface area contributed by atoms with Gasteiger partial charge >= 0.3 is 12.0 Å². The fourth-order valence-electron chi connectivity index (χ4n) is 1.83. The molecule has 0 saturated heterocycles. The molecule has 0 aliphatic carbocycles. The van der Waals surface area contributed by atoms with Crippen molar-refractivity contribution in [2.45, 2.75) is 6.92 Å². The van der Waals surface area contributed by atoms with E-state index in [0.29, 0.717) is 16.9 Å². The van der Waals surface area contributed by atoms with Gasteiger partial charge in [0.1, 0.15) is 6.61 Å². The largest absolute Gasteiger partial charge is 0.460 e. The van der Waals surface area contributed by atoms with Crippen LogP contribution in [0.4, 0.5) is 21.9 Å². The lowest BCUT2D eigenvalue weighted by Crippen LogP contribution is -2.32. The van der Waals surface area contributed by atoms with E-state index in [2.05, 4.69) is 27.4 Å². The molecule has 0 aliphatic rings. The van der Waals surface area contributed by atoms with Crippen LogP contribution in [-0.2, 0) is 9.53 Å². The van der Waals surface area contributed by atoms with Gasteiger partial charge in [-0.1, -0.05) is 24.8 Å². The molecule has 7 heteroatoms. The van der Waals surface area contributed by atoms with Crippen molar-refractivity contribution < 1.29 is 14.3 Å². The van der Waals surface area contributed by atoms with Crippen LogP contribution in [-0.4, -0.2) is 25.2 Å². The van der Waals surface area contributed by atoms with Gasteiger partial charge in [0.05, 0.1) is 17.9 Å². The molecule has 2 amide bonds. The summed E-state index contributed by atoms with van der Waals surface area (Å²) >= 11 is 0. The van der Waals surface area contributed by atoms with Gasteiger partial charge in [0.2, 0.25) is 0 Å². The first-order valence-electron chi connectivity index (χ1n) is 7.99. The van der Waals surface area contributed by atoms with Crippen molar-refractivity contribution >= 4 is 29.1 Å². The van der Waals surface area contributed by atoms with E-state index in [-0.39, 0.29) is 13.2 Å². The maximum Gasteiger partial charge on any atom is 0.333 e. The maximum absolute atomic E-state index is 11.8. The summed E-state index contributed by atoms with van der Waals surface area (Å²) in [4.78, 5) is 23.0. The first kappa shape index (κ1) is 18.9. The fourth-order valence-corrected chi connectivity index (χ4v) is 1.83. The van der Waals surface area contributed by atoms with Crippen LogP contribution >= 0.6 is 0 Å². The van der Waals surface area contributed by atoms with E-state index in [4.69, 9.17) is 4.74 Å². The Morgan fingerprint density at radius 3 is 2.23 bits per heavy atom. The molecule has 0 atom stereocenters. The molecule has 26 heavy (non-hydrogen) atoms. The van der Waals surface area contributed by atoms with Crippen LogP contribution in [0.2, 0.25) is 0 Å². The van der Waals surface area contributed by atoms with Crippen LogP contribution in [0.25, 0.3) is 0 Å². The molecule has 7 nitrogen and oxygen atoms in total. The summed E-state index contributed by atoms with van der Waals surface area (Å²) in [6.45, 7) is 5.32. The normalized spacial score (nSPS) is 10.3. The van der Waals surface area contributed by atoms with Gasteiger partial charge in [-0.3, -0.25) is 0 Å². The SMILES string of the molecule is C=C(C)C(=O)OCCNC(=O)Nc1ccc(N=Nc2ccccc2)cc1. The minimum Gasteiger partial charge on any atom is -0.460 e. The molecular weight excluding hydrogens is 332 g/mol. The van der Waals surface area contributed by atoms with Crippen LogP contribution < -0.4 is 10.6 Å². The number of hydrogen-bond acceptors (Lipinski definition) is 5. The Morgan fingerprint density at radius 2 is 1.62 bits per heavy atom. The Morgan fingerprint density at radius 1 is 1.00 bits per heavy atom. The minimum atomic E-state index is -0.479. The van der Waals surface area contributed by atoms with Gasteiger partial charge in [0.15, 0.2) is 0 Å². The second-order valence-corrected chi connectivity index (χ2v) is 5.38. The first-order chi connectivity index (χ1) is 12.5. The van der Waals surface area contributed by atoms with E-state index < -0.39 is 12.0 Å². The van der Waals surface area contributed by atoms with Gasteiger partial charge in [0.25, 0.3) is 0 Å². The quantitative estimate of drug-likeness (QED) is 0.336. The zero-order valence-electron chi connectivity index (χ0n) is 14.4. The van der Waals surface area contributed by atoms with Gasteiger partial charge in [-0.15, -0.1) is 0 Å². The number of carbonyl (C=O) groups is 2. The highest BCUT2D eigenvalue weighted by Crippen LogP contribution is 2.19. The van der Waals surface area contributed by atoms with Crippen molar-refractivity contribution in [3.8, 4) is 0 Å². The summed E-state index contributed by atoms with van der Waals surface area (Å²) < 4.78 is 4.88. The summed E-state index contributed by atoms with van der Waals surface area (Å²) in [5.74, 6) is -0.479. The molecule has 0 heterocycles. The number of hydrogen-bond donors (Lipinski definition) is 2. The third-order valence-corrected chi connectivity index (χ3v) is 3.13. The molecule has 134 valence electrons. The van der Waals surface area contributed by atoms with E-state index in [9.17, 15) is 9.59 Å². The molecule has 2 aromatic rings. The number of esters is 1. The molecular formula is C19H20N4O3. The van der Waals surface area contributed by atoms with Crippen LogP contribution in [0, 0.1) is 0 Å². The molecule has 2 N–H and O–H groups in total. The van der Waals surface area contributed by atoms with Gasteiger partial charge in [0, 0.05) is 11.3 Å². The Kier molecular flexibility index (Phi) is 7.05. The lowest BCUT2D eigenvalue weighted by molar-refractivity contribution is -0.138. The number of ether oxygens (including phenoxy) is 1. The van der Waals surface area contributed by atoms with Crippen molar-refractivity contribution in [1.29, 1.82) is 0 Å². The van der Waals surface area contributed by atoms with Gasteiger partial charge in [-0.2, -0.15) is 10.2 Å². The predicted molar refractivity (Wildman–Crippen MR) is 99.9 cm³/mol. The third kappa shape index (κ3) is 6.56. The molecule has 0 unspecified atom stereocenters. The zero-order valence-corrected chi connectivity index (χ0v) is 14.4. The number of anilines is 1. The van der Waals surface area contributed by atoms with Crippen LogP contribution in [0.15, 0.2) is 77.0 Å². The van der Waals surface area contributed by atoms with Gasteiger partial charge in [-0.25, -0.2) is 9.59 Å². The lowest BCUT2D eigenvalue weighted by atomic mass is 10.3. The maximum atomic E-state index is 11.8. The molecule has 2 rings (SSSR count). The van der Waals surface area contributed by atoms with Gasteiger partial charge in [-0.05, 0) is 43.3 Å². The number of carbonyl (C=O) groups excluding carboxylic acids is 2. The number of rotatable bonds is 7. The number of nitrogens with one attached hydrogen (secondary N) is 2. The predicted octanol–water partition coefficient (Wildman–Crippen LogP) is 4.34.